The van der Waals surface area contributed by atoms with Crippen LogP contribution in [-0.2, 0) is 85.7 Å². The number of hydrogen-bond donors (Lipinski definition) is 6. The van der Waals surface area contributed by atoms with Gasteiger partial charge in [-0.3, -0.25) is 28.8 Å². The van der Waals surface area contributed by atoms with Crippen molar-refractivity contribution in [3.63, 3.8) is 0 Å². The summed E-state index contributed by atoms with van der Waals surface area (Å²) in [5, 5.41) is 21.5. The summed E-state index contributed by atoms with van der Waals surface area (Å²) in [6.45, 7) is 7.83. The number of unbranched alkanes of at least 4 members (excludes halogenated alkanes) is 1. The standard InChI is InChI=1S/C42H75N5O19/c1-56-15-16-58-17-18-59-19-20-60-21-22-61-23-24-62-25-26-63-27-28-64-29-30-65-31-32-66-34-39(51)44-12-4-3-7-35(42(55)45-14-5-8-36(48)46-33-40(52)53)47-38(50)9-6-13-43-37(49)10-11-41(54)57-2/h10-11,35H,3-9,12-34H2,1-2H3,(H,43,49)(H,44,51)(H,45,55)(H,46,48)(H,47,50)(H,52,53). The number of carbonyl (C=O) groups is 7. The molecule has 0 aromatic heterocycles. The highest BCUT2D eigenvalue weighted by atomic mass is 16.6. The maximum atomic E-state index is 12.9. The second-order valence-corrected chi connectivity index (χ2v) is 13.7. The number of nitrogens with one attached hydrogen (secondary N) is 5. The van der Waals surface area contributed by atoms with Crippen molar-refractivity contribution in [2.75, 3.05) is 166 Å². The molecule has 0 fully saturated rings. The van der Waals surface area contributed by atoms with Gasteiger partial charge >= 0.3 is 11.9 Å². The molecule has 0 spiro atoms. The van der Waals surface area contributed by atoms with Crippen LogP contribution in [0.25, 0.3) is 0 Å². The summed E-state index contributed by atoms with van der Waals surface area (Å²) in [5.41, 5.74) is 0. The summed E-state index contributed by atoms with van der Waals surface area (Å²) in [5.74, 6) is -4.10. The van der Waals surface area contributed by atoms with Gasteiger partial charge in [-0.05, 0) is 32.1 Å². The molecule has 0 aromatic rings. The molecule has 0 saturated heterocycles. The zero-order valence-electron chi connectivity index (χ0n) is 38.7. The Balaban J connectivity index is 3.98. The maximum absolute atomic E-state index is 12.9. The lowest BCUT2D eigenvalue weighted by molar-refractivity contribution is -0.138. The van der Waals surface area contributed by atoms with Crippen molar-refractivity contribution in [1.82, 2.24) is 26.6 Å². The monoisotopic (exact) mass is 954 g/mol. The van der Waals surface area contributed by atoms with Crippen molar-refractivity contribution < 1.29 is 90.8 Å². The Morgan fingerprint density at radius 3 is 1.38 bits per heavy atom. The minimum Gasteiger partial charge on any atom is -0.480 e. The Hall–Kier alpha value is -4.37. The SMILES string of the molecule is COCCOCCOCCOCCOCCOCCOCCOCCOCCOCC(=O)NCCCCC(NC(=O)CCCNC(=O)C=CC(=O)OC)C(=O)NCCCC(=O)NCC(=O)O. The van der Waals surface area contributed by atoms with Gasteiger partial charge in [-0.1, -0.05) is 0 Å². The van der Waals surface area contributed by atoms with E-state index in [1.165, 1.54) is 7.11 Å². The van der Waals surface area contributed by atoms with Gasteiger partial charge in [0.15, 0.2) is 0 Å². The van der Waals surface area contributed by atoms with E-state index in [-0.39, 0.29) is 70.9 Å². The molecule has 382 valence electrons. The first-order valence-electron chi connectivity index (χ1n) is 22.1. The van der Waals surface area contributed by atoms with Gasteiger partial charge in [-0.2, -0.15) is 0 Å². The molecule has 0 aliphatic carbocycles. The van der Waals surface area contributed by atoms with Crippen LogP contribution in [0.15, 0.2) is 12.2 Å². The van der Waals surface area contributed by atoms with Gasteiger partial charge in [0.05, 0.1) is 126 Å². The molecule has 0 saturated carbocycles. The highest BCUT2D eigenvalue weighted by molar-refractivity contribution is 5.94. The van der Waals surface area contributed by atoms with Gasteiger partial charge in [-0.15, -0.1) is 0 Å². The molecule has 24 nitrogen and oxygen atoms in total. The Morgan fingerprint density at radius 2 is 0.909 bits per heavy atom. The van der Waals surface area contributed by atoms with Crippen molar-refractivity contribution in [3.05, 3.63) is 12.2 Å². The Morgan fingerprint density at radius 1 is 0.470 bits per heavy atom. The summed E-state index contributed by atoms with van der Waals surface area (Å²) < 4.78 is 58.1. The molecule has 1 unspecified atom stereocenters. The van der Waals surface area contributed by atoms with E-state index in [1.54, 1.807) is 7.11 Å². The minimum absolute atomic E-state index is 0.000719. The zero-order valence-corrected chi connectivity index (χ0v) is 38.7. The van der Waals surface area contributed by atoms with E-state index in [4.69, 9.17) is 52.5 Å². The highest BCUT2D eigenvalue weighted by Crippen LogP contribution is 2.03. The third kappa shape index (κ3) is 44.8. The zero-order chi connectivity index (χ0) is 48.6. The van der Waals surface area contributed by atoms with E-state index >= 15 is 0 Å². The highest BCUT2D eigenvalue weighted by Gasteiger charge is 2.20. The van der Waals surface area contributed by atoms with Crippen LogP contribution in [-0.4, -0.2) is 219 Å². The number of rotatable bonds is 48. The first-order chi connectivity index (χ1) is 32.1. The number of carbonyl (C=O) groups excluding carboxylic acids is 6. The van der Waals surface area contributed by atoms with Crippen LogP contribution in [0.3, 0.4) is 0 Å². The molecule has 0 heterocycles. The quantitative estimate of drug-likeness (QED) is 0.0225. The predicted octanol–water partition coefficient (Wildman–Crippen LogP) is -1.72. The molecule has 0 radical (unpaired) electrons. The molecule has 0 rings (SSSR count). The first kappa shape index (κ1) is 61.6. The fourth-order valence-corrected chi connectivity index (χ4v) is 4.93. The number of esters is 1. The van der Waals surface area contributed by atoms with Crippen molar-refractivity contribution in [3.8, 4) is 0 Å². The van der Waals surface area contributed by atoms with E-state index in [1.807, 2.05) is 0 Å². The topological polar surface area (TPSA) is 301 Å². The van der Waals surface area contributed by atoms with E-state index in [2.05, 4.69) is 31.3 Å². The average molecular weight is 954 g/mol. The first-order valence-corrected chi connectivity index (χ1v) is 22.1. The summed E-state index contributed by atoms with van der Waals surface area (Å²) in [7, 11) is 2.81. The Labute approximate surface area is 387 Å². The number of carboxylic acid groups (broad SMARTS) is 1. The Bertz CT molecular complexity index is 1310. The normalized spacial score (nSPS) is 11.5. The van der Waals surface area contributed by atoms with Crippen LogP contribution >= 0.6 is 0 Å². The number of ether oxygens (including phenoxy) is 11. The van der Waals surface area contributed by atoms with Gasteiger partial charge in [0.2, 0.25) is 29.5 Å². The van der Waals surface area contributed by atoms with Gasteiger partial charge in [0, 0.05) is 51.7 Å². The third-order valence-corrected chi connectivity index (χ3v) is 8.30. The van der Waals surface area contributed by atoms with Crippen molar-refractivity contribution in [2.45, 2.75) is 51.0 Å². The molecule has 0 aromatic carbocycles. The number of aliphatic carboxylic acids is 1. The maximum Gasteiger partial charge on any atom is 0.330 e. The molecule has 0 aliphatic rings. The average Bonchev–Trinajstić information content (AvgIpc) is 3.30. The van der Waals surface area contributed by atoms with Crippen LogP contribution in [0.4, 0.5) is 0 Å². The van der Waals surface area contributed by atoms with Crippen LogP contribution in [0.5, 0.6) is 0 Å². The van der Waals surface area contributed by atoms with Gasteiger partial charge in [0.25, 0.3) is 0 Å². The lowest BCUT2D eigenvalue weighted by Crippen LogP contribution is -2.47. The number of amides is 5. The van der Waals surface area contributed by atoms with E-state index in [0.717, 1.165) is 12.2 Å². The van der Waals surface area contributed by atoms with Crippen molar-refractivity contribution in [2.24, 2.45) is 0 Å². The molecular weight excluding hydrogens is 878 g/mol. The minimum atomic E-state index is -1.17. The van der Waals surface area contributed by atoms with Gasteiger partial charge < -0.3 is 83.8 Å². The molecular formula is C42H75N5O19. The summed E-state index contributed by atoms with van der Waals surface area (Å²) >= 11 is 0. The van der Waals surface area contributed by atoms with E-state index in [0.29, 0.717) is 125 Å². The second kappa shape index (κ2) is 47.1. The molecule has 66 heavy (non-hydrogen) atoms. The summed E-state index contributed by atoms with van der Waals surface area (Å²) in [6, 6.07) is -0.908. The summed E-state index contributed by atoms with van der Waals surface area (Å²) in [4.78, 5) is 83.0. The molecule has 5 amide bonds. The third-order valence-electron chi connectivity index (χ3n) is 8.30. The number of hydrogen-bond acceptors (Lipinski definition) is 18. The van der Waals surface area contributed by atoms with Crippen LogP contribution in [0, 0.1) is 0 Å². The fourth-order valence-electron chi connectivity index (χ4n) is 4.93. The molecule has 24 heteroatoms. The van der Waals surface area contributed by atoms with Crippen molar-refractivity contribution in [1.29, 1.82) is 0 Å². The van der Waals surface area contributed by atoms with E-state index < -0.39 is 48.2 Å². The van der Waals surface area contributed by atoms with Crippen LogP contribution in [0.1, 0.15) is 44.9 Å². The molecule has 0 aliphatic heterocycles. The van der Waals surface area contributed by atoms with Crippen molar-refractivity contribution >= 4 is 41.5 Å². The largest absolute Gasteiger partial charge is 0.480 e. The molecule has 0 bridgehead atoms. The van der Waals surface area contributed by atoms with Crippen LogP contribution < -0.4 is 26.6 Å². The second-order valence-electron chi connectivity index (χ2n) is 13.7. The van der Waals surface area contributed by atoms with E-state index in [9.17, 15) is 33.6 Å². The molecule has 1 atom stereocenters. The fraction of sp³-hybridized carbons (Fsp3) is 0.786. The lowest BCUT2D eigenvalue weighted by atomic mass is 10.1. The molecule has 6 N–H and O–H groups in total. The van der Waals surface area contributed by atoms with Crippen LogP contribution in [0.2, 0.25) is 0 Å². The number of methoxy groups -OCH3 is 2. The Kier molecular flexibility index (Phi) is 44.0. The summed E-state index contributed by atoms with van der Waals surface area (Å²) in [6.07, 6.45) is 3.69. The number of carboxylic acids is 1. The van der Waals surface area contributed by atoms with Gasteiger partial charge in [-0.25, -0.2) is 4.79 Å². The predicted molar refractivity (Wildman–Crippen MR) is 234 cm³/mol. The van der Waals surface area contributed by atoms with Gasteiger partial charge in [0.1, 0.15) is 19.2 Å². The lowest BCUT2D eigenvalue weighted by Gasteiger charge is -2.19. The smallest absolute Gasteiger partial charge is 0.330 e.